The lowest BCUT2D eigenvalue weighted by atomic mass is 10.1. The van der Waals surface area contributed by atoms with Crippen LogP contribution in [0, 0.1) is 3.57 Å². The summed E-state index contributed by atoms with van der Waals surface area (Å²) in [5.74, 6) is 0.0821. The number of carbonyl (C=O) groups is 1. The number of benzene rings is 1. The Kier molecular flexibility index (Phi) is 5.48. The molecule has 0 atom stereocenters. The average molecular weight is 399 g/mol. The van der Waals surface area contributed by atoms with Crippen LogP contribution in [0.5, 0.6) is 5.88 Å². The smallest absolute Gasteiger partial charge is 0.252 e. The second-order valence-corrected chi connectivity index (χ2v) is 5.60. The Hall–Kier alpha value is -1.48. The highest BCUT2D eigenvalue weighted by Gasteiger charge is 2.03. The van der Waals surface area contributed by atoms with Crippen LogP contribution >= 0.6 is 34.4 Å². The Morgan fingerprint density at radius 3 is 3.05 bits per heavy atom. The second-order valence-electron chi connectivity index (χ2n) is 3.58. The quantitative estimate of drug-likeness (QED) is 0.193. The number of carbonyl (C=O) groups excluding carboxylic acids is 1. The molecular weight excluding hydrogens is 389 g/mol. The van der Waals surface area contributed by atoms with Gasteiger partial charge < -0.3 is 4.84 Å². The predicted molar refractivity (Wildman–Crippen MR) is 86.4 cm³/mol. The van der Waals surface area contributed by atoms with Gasteiger partial charge in [-0.05, 0) is 41.0 Å². The number of hydrogen-bond donors (Lipinski definition) is 0. The van der Waals surface area contributed by atoms with Gasteiger partial charge in [0, 0.05) is 21.4 Å². The zero-order chi connectivity index (χ0) is 14.4. The van der Waals surface area contributed by atoms with Crippen molar-refractivity contribution >= 4 is 46.4 Å². The van der Waals surface area contributed by atoms with Crippen molar-refractivity contribution in [3.63, 3.8) is 0 Å². The van der Waals surface area contributed by atoms with Crippen molar-refractivity contribution < 1.29 is 9.63 Å². The number of hydrogen-bond acceptors (Lipinski definition) is 6. The normalized spacial score (nSPS) is 10.7. The SMILES string of the molecule is CSc1nccc(O/N=C/C(=O)c2cccc(I)c2)n1. The number of nitrogens with zero attached hydrogens (tertiary/aromatic N) is 3. The monoisotopic (exact) mass is 399 g/mol. The van der Waals surface area contributed by atoms with Crippen molar-refractivity contribution in [3.05, 3.63) is 45.7 Å². The van der Waals surface area contributed by atoms with E-state index < -0.39 is 0 Å². The van der Waals surface area contributed by atoms with Gasteiger partial charge in [0.05, 0.1) is 0 Å². The predicted octanol–water partition coefficient (Wildman–Crippen LogP) is 3.05. The van der Waals surface area contributed by atoms with E-state index >= 15 is 0 Å². The standard InChI is InChI=1S/C13H10IN3O2S/c1-20-13-15-6-5-12(17-13)19-16-8-11(18)9-3-2-4-10(14)7-9/h2-8H,1H3/b16-8+. The number of thioether (sulfide) groups is 1. The second kappa shape index (κ2) is 7.34. The van der Waals surface area contributed by atoms with Crippen molar-refractivity contribution in [3.8, 4) is 5.88 Å². The van der Waals surface area contributed by atoms with Gasteiger partial charge in [0.1, 0.15) is 6.21 Å². The summed E-state index contributed by atoms with van der Waals surface area (Å²) in [7, 11) is 0. The van der Waals surface area contributed by atoms with Crippen LogP contribution in [-0.2, 0) is 0 Å². The van der Waals surface area contributed by atoms with Gasteiger partial charge >= 0.3 is 0 Å². The first kappa shape index (κ1) is 14.9. The Morgan fingerprint density at radius 1 is 1.45 bits per heavy atom. The summed E-state index contributed by atoms with van der Waals surface area (Å²) in [5.41, 5.74) is 0.566. The summed E-state index contributed by atoms with van der Waals surface area (Å²) in [5, 5.41) is 4.23. The number of halogens is 1. The number of rotatable bonds is 5. The maximum Gasteiger partial charge on any atom is 0.252 e. The lowest BCUT2D eigenvalue weighted by molar-refractivity contribution is 0.106. The van der Waals surface area contributed by atoms with Crippen LogP contribution in [0.4, 0.5) is 0 Å². The molecule has 0 unspecified atom stereocenters. The van der Waals surface area contributed by atoms with Gasteiger partial charge in [0.15, 0.2) is 5.16 Å². The van der Waals surface area contributed by atoms with E-state index in [9.17, 15) is 4.79 Å². The molecular formula is C13H10IN3O2S. The highest BCUT2D eigenvalue weighted by atomic mass is 127. The molecule has 20 heavy (non-hydrogen) atoms. The van der Waals surface area contributed by atoms with Gasteiger partial charge in [-0.15, -0.1) is 0 Å². The zero-order valence-corrected chi connectivity index (χ0v) is 13.5. The number of ketones is 1. The first-order valence-electron chi connectivity index (χ1n) is 5.56. The fourth-order valence-electron chi connectivity index (χ4n) is 1.32. The van der Waals surface area contributed by atoms with Gasteiger partial charge in [-0.3, -0.25) is 4.79 Å². The molecule has 0 radical (unpaired) electrons. The molecule has 0 fully saturated rings. The van der Waals surface area contributed by atoms with E-state index in [0.29, 0.717) is 16.6 Å². The molecule has 0 saturated heterocycles. The summed E-state index contributed by atoms with van der Waals surface area (Å²) in [6, 6.07) is 8.82. The van der Waals surface area contributed by atoms with Crippen molar-refractivity contribution in [2.75, 3.05) is 6.26 Å². The Labute approximate surface area is 134 Å². The minimum atomic E-state index is -0.220. The Balaban J connectivity index is 2.01. The van der Waals surface area contributed by atoms with Gasteiger partial charge in [0.25, 0.3) is 5.88 Å². The van der Waals surface area contributed by atoms with Crippen LogP contribution in [0.2, 0.25) is 0 Å². The largest absolute Gasteiger partial charge is 0.336 e. The summed E-state index contributed by atoms with van der Waals surface area (Å²) >= 11 is 3.55. The molecule has 0 aliphatic carbocycles. The maximum atomic E-state index is 11.8. The van der Waals surface area contributed by atoms with Crippen LogP contribution in [-0.4, -0.2) is 28.2 Å². The van der Waals surface area contributed by atoms with Crippen molar-refractivity contribution in [2.45, 2.75) is 5.16 Å². The summed E-state index contributed by atoms with van der Waals surface area (Å²) in [4.78, 5) is 25.0. The van der Waals surface area contributed by atoms with E-state index in [2.05, 4.69) is 37.7 Å². The molecule has 7 heteroatoms. The van der Waals surface area contributed by atoms with Crippen LogP contribution < -0.4 is 4.84 Å². The molecule has 0 aliphatic rings. The van der Waals surface area contributed by atoms with Crippen LogP contribution in [0.25, 0.3) is 0 Å². The molecule has 0 bridgehead atoms. The van der Waals surface area contributed by atoms with Gasteiger partial charge in [-0.2, -0.15) is 4.98 Å². The molecule has 1 aromatic heterocycles. The Morgan fingerprint density at radius 2 is 2.30 bits per heavy atom. The molecule has 2 rings (SSSR count). The third kappa shape index (κ3) is 4.27. The molecule has 5 nitrogen and oxygen atoms in total. The minimum absolute atomic E-state index is 0.220. The molecule has 1 heterocycles. The lowest BCUT2D eigenvalue weighted by Crippen LogP contribution is -2.02. The van der Waals surface area contributed by atoms with Crippen LogP contribution in [0.1, 0.15) is 10.4 Å². The van der Waals surface area contributed by atoms with Crippen molar-refractivity contribution in [1.82, 2.24) is 9.97 Å². The van der Waals surface area contributed by atoms with Crippen LogP contribution in [0.3, 0.4) is 0 Å². The summed E-state index contributed by atoms with van der Waals surface area (Å²) in [6.07, 6.45) is 4.57. The molecule has 0 amide bonds. The summed E-state index contributed by atoms with van der Waals surface area (Å²) in [6.45, 7) is 0. The van der Waals surface area contributed by atoms with Crippen molar-refractivity contribution in [2.24, 2.45) is 5.16 Å². The molecule has 1 aromatic carbocycles. The first-order valence-corrected chi connectivity index (χ1v) is 7.86. The van der Waals surface area contributed by atoms with Crippen LogP contribution in [0.15, 0.2) is 46.8 Å². The molecule has 2 aromatic rings. The van der Waals surface area contributed by atoms with E-state index in [-0.39, 0.29) is 5.78 Å². The third-order valence-electron chi connectivity index (χ3n) is 2.22. The molecule has 0 aliphatic heterocycles. The fraction of sp³-hybridized carbons (Fsp3) is 0.0769. The van der Waals surface area contributed by atoms with Gasteiger partial charge in [0.2, 0.25) is 5.78 Å². The van der Waals surface area contributed by atoms with Crippen molar-refractivity contribution in [1.29, 1.82) is 0 Å². The molecule has 0 spiro atoms. The zero-order valence-electron chi connectivity index (χ0n) is 10.5. The van der Waals surface area contributed by atoms with Gasteiger partial charge in [-0.1, -0.05) is 29.1 Å². The van der Waals surface area contributed by atoms with E-state index in [1.807, 2.05) is 18.4 Å². The average Bonchev–Trinajstić information content (AvgIpc) is 2.47. The number of oxime groups is 1. The maximum absolute atomic E-state index is 11.8. The third-order valence-corrected chi connectivity index (χ3v) is 3.45. The highest BCUT2D eigenvalue weighted by molar-refractivity contribution is 14.1. The van der Waals surface area contributed by atoms with E-state index in [1.165, 1.54) is 11.8 Å². The first-order chi connectivity index (χ1) is 9.69. The number of aromatic nitrogens is 2. The molecule has 102 valence electrons. The number of Topliss-reactive ketones (excluding diaryl/α,β-unsaturated/α-hetero) is 1. The van der Waals surface area contributed by atoms with E-state index in [0.717, 1.165) is 9.78 Å². The van der Waals surface area contributed by atoms with Gasteiger partial charge in [-0.25, -0.2) is 4.98 Å². The van der Waals surface area contributed by atoms with E-state index in [4.69, 9.17) is 4.84 Å². The Bertz CT molecular complexity index is 649. The topological polar surface area (TPSA) is 64.4 Å². The fourth-order valence-corrected chi connectivity index (χ4v) is 2.21. The lowest BCUT2D eigenvalue weighted by Gasteiger charge is -1.99. The summed E-state index contributed by atoms with van der Waals surface area (Å²) < 4.78 is 0.989. The molecule has 0 saturated carbocycles. The highest BCUT2D eigenvalue weighted by Crippen LogP contribution is 2.12. The minimum Gasteiger partial charge on any atom is -0.336 e. The van der Waals surface area contributed by atoms with E-state index in [1.54, 1.807) is 24.4 Å². The molecule has 0 N–H and O–H groups in total.